The highest BCUT2D eigenvalue weighted by Gasteiger charge is 2.29. The second kappa shape index (κ2) is 6.04. The standard InChI is InChI=1S/C15H25N5/c1-3-13-14(4-2)18-19-15(17-13)20-9-5-6-12(20)10-16-11-7-8-11/h11-12,16H,3-10H2,1-2H3. The maximum atomic E-state index is 4.76. The Morgan fingerprint density at radius 1 is 1.10 bits per heavy atom. The molecule has 1 aliphatic heterocycles. The van der Waals surface area contributed by atoms with Crippen LogP contribution in [0.15, 0.2) is 0 Å². The van der Waals surface area contributed by atoms with Crippen molar-refractivity contribution in [1.82, 2.24) is 20.5 Å². The third-order valence-electron chi connectivity index (χ3n) is 4.35. The minimum absolute atomic E-state index is 0.537. The fourth-order valence-electron chi connectivity index (χ4n) is 2.95. The van der Waals surface area contributed by atoms with Crippen molar-refractivity contribution < 1.29 is 0 Å². The minimum Gasteiger partial charge on any atom is -0.335 e. The lowest BCUT2D eigenvalue weighted by Crippen LogP contribution is -2.40. The van der Waals surface area contributed by atoms with Crippen LogP contribution in [0.3, 0.4) is 0 Å². The van der Waals surface area contributed by atoms with Gasteiger partial charge in [0.2, 0.25) is 5.95 Å². The van der Waals surface area contributed by atoms with E-state index in [1.807, 2.05) is 0 Å². The van der Waals surface area contributed by atoms with E-state index in [1.54, 1.807) is 0 Å². The van der Waals surface area contributed by atoms with E-state index in [9.17, 15) is 0 Å². The van der Waals surface area contributed by atoms with E-state index in [-0.39, 0.29) is 0 Å². The van der Waals surface area contributed by atoms with Crippen molar-refractivity contribution in [2.24, 2.45) is 0 Å². The van der Waals surface area contributed by atoms with Crippen LogP contribution in [-0.4, -0.2) is 40.4 Å². The van der Waals surface area contributed by atoms with Crippen molar-refractivity contribution in [3.63, 3.8) is 0 Å². The van der Waals surface area contributed by atoms with Crippen molar-refractivity contribution in [1.29, 1.82) is 0 Å². The Morgan fingerprint density at radius 2 is 1.90 bits per heavy atom. The molecule has 1 aromatic heterocycles. The van der Waals surface area contributed by atoms with Gasteiger partial charge in [-0.05, 0) is 38.5 Å². The van der Waals surface area contributed by atoms with Gasteiger partial charge < -0.3 is 10.2 Å². The summed E-state index contributed by atoms with van der Waals surface area (Å²) in [6.07, 6.45) is 7.00. The van der Waals surface area contributed by atoms with E-state index in [1.165, 1.54) is 25.7 Å². The maximum Gasteiger partial charge on any atom is 0.245 e. The van der Waals surface area contributed by atoms with Gasteiger partial charge in [0.1, 0.15) is 0 Å². The fourth-order valence-corrected chi connectivity index (χ4v) is 2.95. The Kier molecular flexibility index (Phi) is 4.15. The summed E-state index contributed by atoms with van der Waals surface area (Å²) in [4.78, 5) is 7.11. The molecule has 2 fully saturated rings. The maximum absolute atomic E-state index is 4.76. The van der Waals surface area contributed by atoms with Crippen LogP contribution in [0, 0.1) is 0 Å². The largest absolute Gasteiger partial charge is 0.335 e. The summed E-state index contributed by atoms with van der Waals surface area (Å²) in [7, 11) is 0. The molecule has 0 amide bonds. The van der Waals surface area contributed by atoms with E-state index in [2.05, 4.69) is 34.3 Å². The molecule has 110 valence electrons. The van der Waals surface area contributed by atoms with Gasteiger partial charge in [-0.15, -0.1) is 5.10 Å². The molecular formula is C15H25N5. The first-order valence-corrected chi connectivity index (χ1v) is 8.04. The van der Waals surface area contributed by atoms with Gasteiger partial charge in [-0.3, -0.25) is 0 Å². The number of nitrogens with one attached hydrogen (secondary N) is 1. The fraction of sp³-hybridized carbons (Fsp3) is 0.800. The highest BCUT2D eigenvalue weighted by Crippen LogP contribution is 2.24. The van der Waals surface area contributed by atoms with E-state index >= 15 is 0 Å². The van der Waals surface area contributed by atoms with Gasteiger partial charge in [-0.25, -0.2) is 4.98 Å². The van der Waals surface area contributed by atoms with Crippen LogP contribution in [0.25, 0.3) is 0 Å². The number of rotatable bonds is 6. The number of aromatic nitrogens is 3. The lowest BCUT2D eigenvalue weighted by atomic mass is 10.2. The first kappa shape index (κ1) is 13.7. The zero-order valence-electron chi connectivity index (χ0n) is 12.6. The molecule has 5 heteroatoms. The third kappa shape index (κ3) is 2.92. The molecule has 0 aromatic carbocycles. The summed E-state index contributed by atoms with van der Waals surface area (Å²) < 4.78 is 0. The molecule has 0 spiro atoms. The smallest absolute Gasteiger partial charge is 0.245 e. The van der Waals surface area contributed by atoms with E-state index in [0.29, 0.717) is 6.04 Å². The van der Waals surface area contributed by atoms with Crippen molar-refractivity contribution in [3.05, 3.63) is 11.4 Å². The van der Waals surface area contributed by atoms with Crippen LogP contribution in [-0.2, 0) is 12.8 Å². The molecule has 3 rings (SSSR count). The van der Waals surface area contributed by atoms with Gasteiger partial charge in [0.15, 0.2) is 0 Å². The van der Waals surface area contributed by atoms with Crippen molar-refractivity contribution in [3.8, 4) is 0 Å². The summed E-state index contributed by atoms with van der Waals surface area (Å²) in [5.41, 5.74) is 2.15. The summed E-state index contributed by atoms with van der Waals surface area (Å²) in [5.74, 6) is 0.833. The van der Waals surface area contributed by atoms with E-state index in [4.69, 9.17) is 4.98 Å². The van der Waals surface area contributed by atoms with Gasteiger partial charge in [-0.2, -0.15) is 5.10 Å². The molecule has 0 bridgehead atoms. The Balaban J connectivity index is 1.72. The number of hydrogen-bond donors (Lipinski definition) is 1. The topological polar surface area (TPSA) is 53.9 Å². The number of nitrogens with zero attached hydrogens (tertiary/aromatic N) is 4. The first-order valence-electron chi connectivity index (χ1n) is 8.04. The molecule has 2 heterocycles. The van der Waals surface area contributed by atoms with Crippen LogP contribution in [0.1, 0.15) is 50.9 Å². The Bertz CT molecular complexity index is 458. The molecule has 20 heavy (non-hydrogen) atoms. The van der Waals surface area contributed by atoms with Crippen molar-refractivity contribution in [2.45, 2.75) is 64.5 Å². The zero-order chi connectivity index (χ0) is 13.9. The SMILES string of the molecule is CCc1nnc(N2CCCC2CNC2CC2)nc1CC. The van der Waals surface area contributed by atoms with Crippen molar-refractivity contribution in [2.75, 3.05) is 18.0 Å². The molecule has 1 unspecified atom stereocenters. The third-order valence-corrected chi connectivity index (χ3v) is 4.35. The number of hydrogen-bond acceptors (Lipinski definition) is 5. The average Bonchev–Trinajstić information content (AvgIpc) is 3.21. The van der Waals surface area contributed by atoms with Crippen LogP contribution in [0.4, 0.5) is 5.95 Å². The summed E-state index contributed by atoms with van der Waals surface area (Å²) >= 11 is 0. The minimum atomic E-state index is 0.537. The van der Waals surface area contributed by atoms with Gasteiger partial charge in [-0.1, -0.05) is 13.8 Å². The van der Waals surface area contributed by atoms with Crippen LogP contribution in [0.2, 0.25) is 0 Å². The number of aryl methyl sites for hydroxylation is 2. The molecule has 1 aliphatic carbocycles. The highest BCUT2D eigenvalue weighted by atomic mass is 15.3. The predicted octanol–water partition coefficient (Wildman–Crippen LogP) is 1.72. The Hall–Kier alpha value is -1.23. The molecule has 5 nitrogen and oxygen atoms in total. The van der Waals surface area contributed by atoms with Crippen LogP contribution >= 0.6 is 0 Å². The normalized spacial score (nSPS) is 22.5. The second-order valence-electron chi connectivity index (χ2n) is 5.88. The van der Waals surface area contributed by atoms with Crippen molar-refractivity contribution >= 4 is 5.95 Å². The summed E-state index contributed by atoms with van der Waals surface area (Å²) in [6.45, 7) is 6.38. The van der Waals surface area contributed by atoms with Gasteiger partial charge in [0.25, 0.3) is 0 Å². The lowest BCUT2D eigenvalue weighted by Gasteiger charge is -2.25. The summed E-state index contributed by atoms with van der Waals surface area (Å²) in [5, 5.41) is 12.4. The van der Waals surface area contributed by atoms with Crippen LogP contribution < -0.4 is 10.2 Å². The summed E-state index contributed by atoms with van der Waals surface area (Å²) in [6, 6.07) is 1.31. The molecule has 0 radical (unpaired) electrons. The lowest BCUT2D eigenvalue weighted by molar-refractivity contribution is 0.562. The second-order valence-corrected chi connectivity index (χ2v) is 5.88. The van der Waals surface area contributed by atoms with Crippen LogP contribution in [0.5, 0.6) is 0 Å². The average molecular weight is 275 g/mol. The predicted molar refractivity (Wildman–Crippen MR) is 80.0 cm³/mol. The van der Waals surface area contributed by atoms with Gasteiger partial charge in [0.05, 0.1) is 11.4 Å². The molecular weight excluding hydrogens is 250 g/mol. The molecule has 1 saturated heterocycles. The van der Waals surface area contributed by atoms with Gasteiger partial charge >= 0.3 is 0 Å². The first-order chi connectivity index (χ1) is 9.81. The molecule has 1 N–H and O–H groups in total. The molecule has 1 atom stereocenters. The Morgan fingerprint density at radius 3 is 2.60 bits per heavy atom. The van der Waals surface area contributed by atoms with E-state index < -0.39 is 0 Å². The number of anilines is 1. The van der Waals surface area contributed by atoms with Gasteiger partial charge in [0, 0.05) is 25.2 Å². The molecule has 1 aromatic rings. The van der Waals surface area contributed by atoms with E-state index in [0.717, 1.165) is 49.3 Å². The molecule has 1 saturated carbocycles. The monoisotopic (exact) mass is 275 g/mol. The Labute approximate surface area is 121 Å². The quantitative estimate of drug-likeness (QED) is 0.856. The highest BCUT2D eigenvalue weighted by molar-refractivity contribution is 5.34. The molecule has 2 aliphatic rings. The zero-order valence-corrected chi connectivity index (χ0v) is 12.6.